The Labute approximate surface area is 226 Å². The van der Waals surface area contributed by atoms with E-state index >= 15 is 0 Å². The van der Waals surface area contributed by atoms with Gasteiger partial charge in [0.15, 0.2) is 5.82 Å². The van der Waals surface area contributed by atoms with Gasteiger partial charge in [0.1, 0.15) is 23.5 Å². The van der Waals surface area contributed by atoms with Gasteiger partial charge in [-0.2, -0.15) is 0 Å². The van der Waals surface area contributed by atoms with E-state index in [0.717, 1.165) is 22.4 Å². The molecule has 0 saturated heterocycles. The van der Waals surface area contributed by atoms with E-state index in [-0.39, 0.29) is 12.3 Å². The number of hydrogen-bond donors (Lipinski definition) is 2. The van der Waals surface area contributed by atoms with Crippen molar-refractivity contribution < 1.29 is 18.3 Å². The molecule has 9 nitrogen and oxygen atoms in total. The Hall–Kier alpha value is -4.46. The Morgan fingerprint density at radius 1 is 0.795 bits per heavy atom. The maximum Gasteiger partial charge on any atom is 0.444 e. The number of methoxy groups -OCH3 is 1. The molecule has 2 N–H and O–H groups in total. The summed E-state index contributed by atoms with van der Waals surface area (Å²) in [6.45, 7) is 0. The zero-order valence-electron chi connectivity index (χ0n) is 21.3. The van der Waals surface area contributed by atoms with Gasteiger partial charge in [-0.1, -0.05) is 72.8 Å². The molecule has 4 aromatic carbocycles. The second-order valence-electron chi connectivity index (χ2n) is 8.75. The van der Waals surface area contributed by atoms with E-state index in [1.54, 1.807) is 31.4 Å². The van der Waals surface area contributed by atoms with Crippen molar-refractivity contribution in [2.45, 2.75) is 12.5 Å². The number of aromatic amines is 1. The minimum absolute atomic E-state index is 0.0793. The lowest BCUT2D eigenvalue weighted by atomic mass is 10.0. The molecule has 0 amide bonds. The maximum atomic E-state index is 14.0. The number of aromatic nitrogens is 4. The molecule has 0 saturated carbocycles. The van der Waals surface area contributed by atoms with E-state index in [2.05, 4.69) is 38.1 Å². The second-order valence-corrected chi connectivity index (χ2v) is 10.7. The zero-order chi connectivity index (χ0) is 26.9. The number of para-hydroxylation sites is 2. The van der Waals surface area contributed by atoms with Gasteiger partial charge < -0.3 is 13.8 Å². The van der Waals surface area contributed by atoms with E-state index in [9.17, 15) is 4.57 Å². The van der Waals surface area contributed by atoms with Crippen LogP contribution in [0.15, 0.2) is 109 Å². The highest BCUT2D eigenvalue weighted by Gasteiger charge is 2.30. The molecule has 0 unspecified atom stereocenters. The zero-order valence-corrected chi connectivity index (χ0v) is 22.2. The molecule has 0 spiro atoms. The highest BCUT2D eigenvalue weighted by molar-refractivity contribution is 7.54. The summed E-state index contributed by atoms with van der Waals surface area (Å²) in [6.07, 6.45) is 0.454. The van der Waals surface area contributed by atoms with Crippen LogP contribution in [-0.4, -0.2) is 34.0 Å². The van der Waals surface area contributed by atoms with Crippen LogP contribution < -0.4 is 19.1 Å². The molecule has 1 atom stereocenters. The first kappa shape index (κ1) is 26.2. The number of nitrogens with one attached hydrogen (secondary N) is 2. The molecular formula is C29H28N5O4P. The van der Waals surface area contributed by atoms with E-state index in [1.807, 2.05) is 72.8 Å². The summed E-state index contributed by atoms with van der Waals surface area (Å²) in [6, 6.07) is 33.7. The molecule has 1 heterocycles. The molecule has 198 valence electrons. The summed E-state index contributed by atoms with van der Waals surface area (Å²) in [7, 11) is -2.03. The monoisotopic (exact) mass is 541 g/mol. The SMILES string of the molecule is COc1cccc(-c2ccc(C[C@H](NCP(=O)(Oc3ccccc3)Oc3ccccc3)c3nnn[nH]3)cc2)c1. The molecule has 0 aliphatic rings. The van der Waals surface area contributed by atoms with Crippen molar-refractivity contribution >= 4 is 7.60 Å². The van der Waals surface area contributed by atoms with E-state index in [0.29, 0.717) is 23.7 Å². The molecule has 0 aliphatic heterocycles. The van der Waals surface area contributed by atoms with Crippen LogP contribution in [0.3, 0.4) is 0 Å². The lowest BCUT2D eigenvalue weighted by Crippen LogP contribution is -2.27. The summed E-state index contributed by atoms with van der Waals surface area (Å²) in [5.41, 5.74) is 3.17. The number of tetrazole rings is 1. The highest BCUT2D eigenvalue weighted by atomic mass is 31.2. The predicted octanol–water partition coefficient (Wildman–Crippen LogP) is 6.06. The molecule has 0 fully saturated rings. The second kappa shape index (κ2) is 12.4. The number of H-pyrrole nitrogens is 1. The molecular weight excluding hydrogens is 513 g/mol. The molecule has 39 heavy (non-hydrogen) atoms. The normalized spacial score (nSPS) is 12.0. The Bertz CT molecular complexity index is 1450. The minimum atomic E-state index is -3.68. The molecule has 1 aromatic heterocycles. The number of ether oxygens (including phenoxy) is 1. The molecule has 5 rings (SSSR count). The average Bonchev–Trinajstić information content (AvgIpc) is 3.52. The third kappa shape index (κ3) is 7.10. The third-order valence-corrected chi connectivity index (χ3v) is 7.54. The first-order valence-electron chi connectivity index (χ1n) is 12.4. The Morgan fingerprint density at radius 3 is 2.03 bits per heavy atom. The van der Waals surface area contributed by atoms with Crippen molar-refractivity contribution in [1.82, 2.24) is 25.9 Å². The number of nitrogens with zero attached hydrogens (tertiary/aromatic N) is 3. The Kier molecular flexibility index (Phi) is 8.31. The highest BCUT2D eigenvalue weighted by Crippen LogP contribution is 2.48. The van der Waals surface area contributed by atoms with E-state index < -0.39 is 7.60 Å². The van der Waals surface area contributed by atoms with Crippen molar-refractivity contribution in [2.24, 2.45) is 0 Å². The van der Waals surface area contributed by atoms with Gasteiger partial charge in [0.25, 0.3) is 0 Å². The summed E-state index contributed by atoms with van der Waals surface area (Å²) >= 11 is 0. The third-order valence-electron chi connectivity index (χ3n) is 6.00. The number of hydrogen-bond acceptors (Lipinski definition) is 8. The average molecular weight is 542 g/mol. The van der Waals surface area contributed by atoms with Gasteiger partial charge >= 0.3 is 7.60 Å². The van der Waals surface area contributed by atoms with Gasteiger partial charge in [-0.05, 0) is 69.9 Å². The largest absolute Gasteiger partial charge is 0.497 e. The van der Waals surface area contributed by atoms with Gasteiger partial charge in [0.2, 0.25) is 0 Å². The van der Waals surface area contributed by atoms with Crippen LogP contribution in [0, 0.1) is 0 Å². The van der Waals surface area contributed by atoms with Crippen molar-refractivity contribution in [1.29, 1.82) is 0 Å². The van der Waals surface area contributed by atoms with Crippen molar-refractivity contribution in [2.75, 3.05) is 13.4 Å². The quantitative estimate of drug-likeness (QED) is 0.184. The lowest BCUT2D eigenvalue weighted by Gasteiger charge is -2.23. The maximum absolute atomic E-state index is 14.0. The van der Waals surface area contributed by atoms with E-state index in [4.69, 9.17) is 13.8 Å². The smallest absolute Gasteiger partial charge is 0.444 e. The van der Waals surface area contributed by atoms with Gasteiger partial charge in [0.05, 0.1) is 13.2 Å². The summed E-state index contributed by atoms with van der Waals surface area (Å²) in [5.74, 6) is 2.21. The van der Waals surface area contributed by atoms with Crippen LogP contribution in [0.25, 0.3) is 11.1 Å². The molecule has 0 radical (unpaired) electrons. The fourth-order valence-electron chi connectivity index (χ4n) is 4.04. The molecule has 10 heteroatoms. The van der Waals surface area contributed by atoms with Crippen LogP contribution in [0.1, 0.15) is 17.4 Å². The van der Waals surface area contributed by atoms with Gasteiger partial charge in [-0.3, -0.25) is 5.32 Å². The minimum Gasteiger partial charge on any atom is -0.497 e. The first-order chi connectivity index (χ1) is 19.1. The Balaban J connectivity index is 1.34. The Morgan fingerprint density at radius 2 is 1.44 bits per heavy atom. The first-order valence-corrected chi connectivity index (χ1v) is 14.1. The number of benzene rings is 4. The van der Waals surface area contributed by atoms with Crippen LogP contribution in [0.4, 0.5) is 0 Å². The number of rotatable bonds is 12. The van der Waals surface area contributed by atoms with Crippen LogP contribution in [0.5, 0.6) is 17.2 Å². The summed E-state index contributed by atoms with van der Waals surface area (Å²) in [5, 5.41) is 17.7. The van der Waals surface area contributed by atoms with Crippen molar-refractivity contribution in [3.05, 3.63) is 121 Å². The fraction of sp³-hybridized carbons (Fsp3) is 0.138. The fourth-order valence-corrected chi connectivity index (χ4v) is 5.54. The summed E-state index contributed by atoms with van der Waals surface area (Å²) in [4.78, 5) is 0. The standard InChI is InChI=1S/C29H28N5O4P/c1-36-27-14-8-9-24(20-27)23-17-15-22(16-18-23)19-28(29-31-33-34-32-29)30-21-39(35,37-25-10-4-2-5-11-25)38-26-12-6-3-7-13-26/h2-18,20,28,30H,19,21H2,1H3,(H,31,32,33,34)/t28-/m0/s1. The predicted molar refractivity (Wildman–Crippen MR) is 149 cm³/mol. The molecule has 0 bridgehead atoms. The molecule has 5 aromatic rings. The van der Waals surface area contributed by atoms with Gasteiger partial charge in [-0.25, -0.2) is 9.66 Å². The topological polar surface area (TPSA) is 111 Å². The van der Waals surface area contributed by atoms with Gasteiger partial charge in [0, 0.05) is 0 Å². The summed E-state index contributed by atoms with van der Waals surface area (Å²) < 4.78 is 31.1. The van der Waals surface area contributed by atoms with Crippen LogP contribution in [-0.2, 0) is 11.0 Å². The van der Waals surface area contributed by atoms with E-state index in [1.165, 1.54) is 0 Å². The van der Waals surface area contributed by atoms with Crippen molar-refractivity contribution in [3.63, 3.8) is 0 Å². The van der Waals surface area contributed by atoms with Crippen LogP contribution >= 0.6 is 7.60 Å². The lowest BCUT2D eigenvalue weighted by molar-refractivity contribution is 0.374. The molecule has 0 aliphatic carbocycles. The van der Waals surface area contributed by atoms with Gasteiger partial charge in [-0.15, -0.1) is 5.10 Å². The van der Waals surface area contributed by atoms with Crippen LogP contribution in [0.2, 0.25) is 0 Å². The van der Waals surface area contributed by atoms with Crippen molar-refractivity contribution in [3.8, 4) is 28.4 Å².